The third kappa shape index (κ3) is 6.02. The number of carboxylic acid groups (broad SMARTS) is 1. The standard InChI is InChI=1S/C24H17FN2O4/c25-20-6-8-21(9-7-20)27-23(28)19(14-26)12-16-4-10-22(11-5-16)31-15-17-2-1-3-18(13-17)24(29)30/h1-13H,15H2,(H,27,28)(H,29,30)/b19-12-. The Balaban J connectivity index is 1.64. The summed E-state index contributed by atoms with van der Waals surface area (Å²) >= 11 is 0. The van der Waals surface area contributed by atoms with Gasteiger partial charge in [-0.1, -0.05) is 24.3 Å². The van der Waals surface area contributed by atoms with Gasteiger partial charge >= 0.3 is 5.97 Å². The van der Waals surface area contributed by atoms with Crippen molar-refractivity contribution in [2.45, 2.75) is 6.61 Å². The lowest BCUT2D eigenvalue weighted by atomic mass is 10.1. The molecule has 6 nitrogen and oxygen atoms in total. The molecule has 0 aliphatic rings. The zero-order valence-electron chi connectivity index (χ0n) is 16.2. The summed E-state index contributed by atoms with van der Waals surface area (Å²) in [4.78, 5) is 23.3. The molecule has 0 fully saturated rings. The van der Waals surface area contributed by atoms with Crippen LogP contribution in [0.3, 0.4) is 0 Å². The molecule has 0 heterocycles. The highest BCUT2D eigenvalue weighted by Crippen LogP contribution is 2.17. The summed E-state index contributed by atoms with van der Waals surface area (Å²) in [6, 6.07) is 20.3. The fraction of sp³-hybridized carbons (Fsp3) is 0.0417. The van der Waals surface area contributed by atoms with Gasteiger partial charge in [-0.2, -0.15) is 5.26 Å². The second-order valence-electron chi connectivity index (χ2n) is 6.49. The number of benzene rings is 3. The van der Waals surface area contributed by atoms with E-state index >= 15 is 0 Å². The minimum atomic E-state index is -1.00. The minimum Gasteiger partial charge on any atom is -0.489 e. The summed E-state index contributed by atoms with van der Waals surface area (Å²) < 4.78 is 18.6. The first-order chi connectivity index (χ1) is 14.9. The Labute approximate surface area is 177 Å². The van der Waals surface area contributed by atoms with Crippen LogP contribution in [0.1, 0.15) is 21.5 Å². The van der Waals surface area contributed by atoms with Gasteiger partial charge in [-0.25, -0.2) is 9.18 Å². The molecule has 0 aliphatic heterocycles. The van der Waals surface area contributed by atoms with Crippen LogP contribution in [-0.4, -0.2) is 17.0 Å². The first-order valence-electron chi connectivity index (χ1n) is 9.18. The topological polar surface area (TPSA) is 99.4 Å². The molecule has 154 valence electrons. The van der Waals surface area contributed by atoms with E-state index in [9.17, 15) is 19.2 Å². The summed E-state index contributed by atoms with van der Waals surface area (Å²) in [6.45, 7) is 0.194. The van der Waals surface area contributed by atoms with Gasteiger partial charge in [-0.15, -0.1) is 0 Å². The number of ether oxygens (including phenoxy) is 1. The number of nitrogens with one attached hydrogen (secondary N) is 1. The molecule has 0 saturated heterocycles. The molecule has 3 rings (SSSR count). The van der Waals surface area contributed by atoms with E-state index in [-0.39, 0.29) is 17.7 Å². The van der Waals surface area contributed by atoms with Crippen molar-refractivity contribution in [1.29, 1.82) is 5.26 Å². The van der Waals surface area contributed by atoms with Gasteiger partial charge in [0.25, 0.3) is 5.91 Å². The highest BCUT2D eigenvalue weighted by molar-refractivity contribution is 6.09. The highest BCUT2D eigenvalue weighted by Gasteiger charge is 2.10. The number of rotatable bonds is 7. The lowest BCUT2D eigenvalue weighted by Crippen LogP contribution is -2.13. The maximum Gasteiger partial charge on any atom is 0.335 e. The largest absolute Gasteiger partial charge is 0.489 e. The lowest BCUT2D eigenvalue weighted by molar-refractivity contribution is -0.112. The molecule has 31 heavy (non-hydrogen) atoms. The first-order valence-corrected chi connectivity index (χ1v) is 9.18. The van der Waals surface area contributed by atoms with Crippen LogP contribution in [0.2, 0.25) is 0 Å². The molecule has 7 heteroatoms. The van der Waals surface area contributed by atoms with Gasteiger partial charge in [-0.3, -0.25) is 4.79 Å². The number of nitriles is 1. The molecule has 3 aromatic rings. The predicted molar refractivity (Wildman–Crippen MR) is 113 cm³/mol. The smallest absolute Gasteiger partial charge is 0.335 e. The van der Waals surface area contributed by atoms with Gasteiger partial charge in [0.2, 0.25) is 0 Å². The number of carbonyl (C=O) groups is 2. The van der Waals surface area contributed by atoms with Gasteiger partial charge in [0.15, 0.2) is 0 Å². The maximum atomic E-state index is 13.0. The number of amides is 1. The Kier molecular flexibility index (Phi) is 6.76. The quantitative estimate of drug-likeness (QED) is 0.431. The number of hydrogen-bond donors (Lipinski definition) is 2. The van der Waals surface area contributed by atoms with Crippen LogP contribution in [0.4, 0.5) is 10.1 Å². The van der Waals surface area contributed by atoms with Crippen molar-refractivity contribution in [2.24, 2.45) is 0 Å². The van der Waals surface area contributed by atoms with E-state index in [0.29, 0.717) is 22.6 Å². The Morgan fingerprint density at radius 2 is 1.77 bits per heavy atom. The van der Waals surface area contributed by atoms with Crippen LogP contribution in [0.25, 0.3) is 6.08 Å². The maximum absolute atomic E-state index is 13.0. The van der Waals surface area contributed by atoms with E-state index in [4.69, 9.17) is 9.84 Å². The summed E-state index contributed by atoms with van der Waals surface area (Å²) in [7, 11) is 0. The van der Waals surface area contributed by atoms with Crippen molar-refractivity contribution < 1.29 is 23.8 Å². The van der Waals surface area contributed by atoms with E-state index in [1.807, 2.05) is 6.07 Å². The Hall–Kier alpha value is -4.44. The third-order valence-corrected chi connectivity index (χ3v) is 4.24. The molecule has 3 aromatic carbocycles. The summed E-state index contributed by atoms with van der Waals surface area (Å²) in [6.07, 6.45) is 1.43. The van der Waals surface area contributed by atoms with Crippen molar-refractivity contribution in [3.05, 3.63) is 101 Å². The Bertz CT molecular complexity index is 1160. The summed E-state index contributed by atoms with van der Waals surface area (Å²) in [5.74, 6) is -1.49. The van der Waals surface area contributed by atoms with Crippen LogP contribution in [0.15, 0.2) is 78.4 Å². The van der Waals surface area contributed by atoms with Gasteiger partial charge in [0, 0.05) is 5.69 Å². The van der Waals surface area contributed by atoms with E-state index in [0.717, 1.165) is 0 Å². The molecule has 0 spiro atoms. The van der Waals surface area contributed by atoms with Crippen molar-refractivity contribution in [2.75, 3.05) is 5.32 Å². The first kappa shape index (κ1) is 21.3. The van der Waals surface area contributed by atoms with Gasteiger partial charge in [0.1, 0.15) is 29.8 Å². The SMILES string of the molecule is N#C/C(=C/c1ccc(OCc2cccc(C(=O)O)c2)cc1)C(=O)Nc1ccc(F)cc1. The Morgan fingerprint density at radius 1 is 1.06 bits per heavy atom. The fourth-order valence-corrected chi connectivity index (χ4v) is 2.67. The Morgan fingerprint density at radius 3 is 2.42 bits per heavy atom. The molecule has 0 aliphatic carbocycles. The third-order valence-electron chi connectivity index (χ3n) is 4.24. The van der Waals surface area contributed by atoms with Gasteiger partial charge in [-0.05, 0) is 65.7 Å². The van der Waals surface area contributed by atoms with Crippen molar-refractivity contribution in [3.8, 4) is 11.8 Å². The second kappa shape index (κ2) is 9.85. The van der Waals surface area contributed by atoms with Crippen molar-refractivity contribution in [1.82, 2.24) is 0 Å². The number of nitrogens with zero attached hydrogens (tertiary/aromatic N) is 1. The zero-order chi connectivity index (χ0) is 22.2. The molecule has 0 saturated carbocycles. The number of halogens is 1. The monoisotopic (exact) mass is 416 g/mol. The zero-order valence-corrected chi connectivity index (χ0v) is 16.2. The minimum absolute atomic E-state index is 0.108. The molecule has 0 radical (unpaired) electrons. The van der Waals surface area contributed by atoms with Crippen molar-refractivity contribution in [3.63, 3.8) is 0 Å². The van der Waals surface area contributed by atoms with Crippen LogP contribution >= 0.6 is 0 Å². The molecular formula is C24H17FN2O4. The van der Waals surface area contributed by atoms with Gasteiger partial charge < -0.3 is 15.2 Å². The molecule has 0 aromatic heterocycles. The highest BCUT2D eigenvalue weighted by atomic mass is 19.1. The predicted octanol–water partition coefficient (Wildman–Crippen LogP) is 4.65. The average Bonchev–Trinajstić information content (AvgIpc) is 2.78. The average molecular weight is 416 g/mol. The van der Waals surface area contributed by atoms with Crippen LogP contribution < -0.4 is 10.1 Å². The number of aromatic carboxylic acids is 1. The molecule has 0 bridgehead atoms. The summed E-state index contributed by atoms with van der Waals surface area (Å²) in [5.41, 5.74) is 1.79. The molecule has 0 atom stereocenters. The van der Waals surface area contributed by atoms with E-state index in [1.54, 1.807) is 42.5 Å². The number of anilines is 1. The molecule has 0 unspecified atom stereocenters. The van der Waals surface area contributed by atoms with Gasteiger partial charge in [0.05, 0.1) is 5.56 Å². The lowest BCUT2D eigenvalue weighted by Gasteiger charge is -2.08. The number of carbonyl (C=O) groups excluding carboxylic acids is 1. The second-order valence-corrected chi connectivity index (χ2v) is 6.49. The fourth-order valence-electron chi connectivity index (χ4n) is 2.67. The normalized spacial score (nSPS) is 10.8. The summed E-state index contributed by atoms with van der Waals surface area (Å²) in [5, 5.41) is 20.9. The van der Waals surface area contributed by atoms with E-state index in [2.05, 4.69) is 5.32 Å². The van der Waals surface area contributed by atoms with E-state index in [1.165, 1.54) is 36.4 Å². The molecular weight excluding hydrogens is 399 g/mol. The van der Waals surface area contributed by atoms with Crippen LogP contribution in [-0.2, 0) is 11.4 Å². The van der Waals surface area contributed by atoms with Crippen LogP contribution in [0, 0.1) is 17.1 Å². The number of hydrogen-bond acceptors (Lipinski definition) is 4. The van der Waals surface area contributed by atoms with Crippen molar-refractivity contribution >= 4 is 23.6 Å². The molecule has 2 N–H and O–H groups in total. The molecule has 1 amide bonds. The van der Waals surface area contributed by atoms with E-state index < -0.39 is 17.7 Å². The number of carboxylic acids is 1. The van der Waals surface area contributed by atoms with Crippen LogP contribution in [0.5, 0.6) is 5.75 Å².